The maximum Gasteiger partial charge on any atom is 0.243 e. The van der Waals surface area contributed by atoms with Crippen LogP contribution in [0.1, 0.15) is 13.8 Å². The van der Waals surface area contributed by atoms with Gasteiger partial charge in [0, 0.05) is 13.1 Å². The highest BCUT2D eigenvalue weighted by molar-refractivity contribution is 7.89. The van der Waals surface area contributed by atoms with Crippen molar-refractivity contribution in [2.75, 3.05) is 26.3 Å². The van der Waals surface area contributed by atoms with Gasteiger partial charge in [0.1, 0.15) is 5.75 Å². The number of hydrogen-bond acceptors (Lipinski definition) is 4. The molecule has 1 aromatic carbocycles. The zero-order valence-corrected chi connectivity index (χ0v) is 11.5. The van der Waals surface area contributed by atoms with Gasteiger partial charge in [0.25, 0.3) is 0 Å². The van der Waals surface area contributed by atoms with Crippen LogP contribution in [-0.4, -0.2) is 44.1 Å². The zero-order valence-electron chi connectivity index (χ0n) is 10.7. The number of aliphatic hydroxyl groups excluding tert-OH is 1. The van der Waals surface area contributed by atoms with Gasteiger partial charge in [-0.15, -0.1) is 0 Å². The fraction of sp³-hybridized carbons (Fsp3) is 0.500. The van der Waals surface area contributed by atoms with Crippen molar-refractivity contribution in [2.45, 2.75) is 18.7 Å². The summed E-state index contributed by atoms with van der Waals surface area (Å²) in [6.45, 7) is 4.39. The van der Waals surface area contributed by atoms with Gasteiger partial charge in [0.05, 0.1) is 18.1 Å². The molecule has 1 aromatic rings. The molecule has 0 radical (unpaired) electrons. The lowest BCUT2D eigenvalue weighted by atomic mass is 10.3. The molecule has 1 N–H and O–H groups in total. The lowest BCUT2D eigenvalue weighted by Crippen LogP contribution is -2.33. The van der Waals surface area contributed by atoms with Crippen LogP contribution < -0.4 is 4.74 Å². The van der Waals surface area contributed by atoms with E-state index in [1.165, 1.54) is 16.4 Å². The van der Waals surface area contributed by atoms with Crippen LogP contribution in [0, 0.1) is 0 Å². The summed E-state index contributed by atoms with van der Waals surface area (Å²) in [6.07, 6.45) is 0. The zero-order chi connectivity index (χ0) is 13.6. The number of hydrogen-bond donors (Lipinski definition) is 1. The monoisotopic (exact) mass is 273 g/mol. The van der Waals surface area contributed by atoms with Crippen molar-refractivity contribution in [1.29, 1.82) is 0 Å². The fourth-order valence-electron chi connectivity index (χ4n) is 1.58. The van der Waals surface area contributed by atoms with Gasteiger partial charge >= 0.3 is 0 Å². The van der Waals surface area contributed by atoms with E-state index in [2.05, 4.69) is 0 Å². The number of sulfonamides is 1. The van der Waals surface area contributed by atoms with Crippen molar-refractivity contribution in [3.63, 3.8) is 0 Å². The molecule has 5 nitrogen and oxygen atoms in total. The maximum absolute atomic E-state index is 12.2. The molecule has 0 unspecified atom stereocenters. The number of nitrogens with zero attached hydrogens (tertiary/aromatic N) is 1. The molecule has 6 heteroatoms. The predicted molar refractivity (Wildman–Crippen MR) is 69.1 cm³/mol. The van der Waals surface area contributed by atoms with Crippen molar-refractivity contribution in [1.82, 2.24) is 4.31 Å². The second-order valence-electron chi connectivity index (χ2n) is 3.62. The third kappa shape index (κ3) is 3.44. The first kappa shape index (κ1) is 14.9. The standard InChI is InChI=1S/C12H19NO4S/c1-3-13(9-10-14)18(15,16)12-7-5-11(6-8-12)17-4-2/h5-8,14H,3-4,9-10H2,1-2H3. The molecule has 0 atom stereocenters. The highest BCUT2D eigenvalue weighted by atomic mass is 32.2. The number of aliphatic hydroxyl groups is 1. The van der Waals surface area contributed by atoms with E-state index in [0.29, 0.717) is 18.9 Å². The van der Waals surface area contributed by atoms with E-state index in [-0.39, 0.29) is 18.0 Å². The van der Waals surface area contributed by atoms with Crippen LogP contribution in [0.3, 0.4) is 0 Å². The molecular weight excluding hydrogens is 254 g/mol. The van der Waals surface area contributed by atoms with Crippen LogP contribution in [0.2, 0.25) is 0 Å². The van der Waals surface area contributed by atoms with Crippen molar-refractivity contribution in [3.8, 4) is 5.75 Å². The molecule has 0 aromatic heterocycles. The maximum atomic E-state index is 12.2. The van der Waals surface area contributed by atoms with Crippen LogP contribution in [0.4, 0.5) is 0 Å². The molecule has 0 heterocycles. The Labute approximate surface area is 108 Å². The Kier molecular flexibility index (Phi) is 5.58. The van der Waals surface area contributed by atoms with Crippen LogP contribution in [0.25, 0.3) is 0 Å². The SMILES string of the molecule is CCOc1ccc(S(=O)(=O)N(CC)CCO)cc1. The smallest absolute Gasteiger partial charge is 0.243 e. The first-order valence-corrected chi connectivity index (χ1v) is 7.34. The average Bonchev–Trinajstić information content (AvgIpc) is 2.36. The van der Waals surface area contributed by atoms with Crippen LogP contribution in [0.5, 0.6) is 5.75 Å². The van der Waals surface area contributed by atoms with Gasteiger partial charge in [0.2, 0.25) is 10.0 Å². The Balaban J connectivity index is 2.97. The summed E-state index contributed by atoms with van der Waals surface area (Å²) in [5.74, 6) is 0.640. The lowest BCUT2D eigenvalue weighted by Gasteiger charge is -2.19. The second kappa shape index (κ2) is 6.72. The Bertz CT molecular complexity index is 455. The Morgan fingerprint density at radius 2 is 1.83 bits per heavy atom. The summed E-state index contributed by atoms with van der Waals surface area (Å²) in [5, 5.41) is 8.87. The predicted octanol–water partition coefficient (Wildman–Crippen LogP) is 1.09. The van der Waals surface area contributed by atoms with Gasteiger partial charge < -0.3 is 9.84 Å². The summed E-state index contributed by atoms with van der Waals surface area (Å²) in [4.78, 5) is 0.209. The largest absolute Gasteiger partial charge is 0.494 e. The molecule has 0 aliphatic carbocycles. The van der Waals surface area contributed by atoms with Crippen molar-refractivity contribution in [2.24, 2.45) is 0 Å². The Morgan fingerprint density at radius 1 is 1.22 bits per heavy atom. The average molecular weight is 273 g/mol. The Hall–Kier alpha value is -1.11. The minimum atomic E-state index is -3.53. The fourth-order valence-corrected chi connectivity index (χ4v) is 3.02. The van der Waals surface area contributed by atoms with E-state index in [1.807, 2.05) is 6.92 Å². The molecule has 0 fully saturated rings. The van der Waals surface area contributed by atoms with Gasteiger partial charge in [-0.05, 0) is 31.2 Å². The molecule has 1 rings (SSSR count). The van der Waals surface area contributed by atoms with E-state index < -0.39 is 10.0 Å². The summed E-state index contributed by atoms with van der Waals surface area (Å²) in [5.41, 5.74) is 0. The summed E-state index contributed by atoms with van der Waals surface area (Å²) in [7, 11) is -3.53. The molecule has 0 spiro atoms. The number of rotatable bonds is 7. The van der Waals surface area contributed by atoms with Gasteiger partial charge in [-0.3, -0.25) is 0 Å². The second-order valence-corrected chi connectivity index (χ2v) is 5.56. The minimum Gasteiger partial charge on any atom is -0.494 e. The molecule has 0 saturated carbocycles. The van der Waals surface area contributed by atoms with Gasteiger partial charge in [-0.2, -0.15) is 4.31 Å². The van der Waals surface area contributed by atoms with E-state index in [0.717, 1.165) is 0 Å². The quantitative estimate of drug-likeness (QED) is 0.807. The van der Waals surface area contributed by atoms with Gasteiger partial charge in [0.15, 0.2) is 0 Å². The highest BCUT2D eigenvalue weighted by Crippen LogP contribution is 2.19. The van der Waals surface area contributed by atoms with Crippen molar-refractivity contribution in [3.05, 3.63) is 24.3 Å². The van der Waals surface area contributed by atoms with E-state index in [4.69, 9.17) is 9.84 Å². The summed E-state index contributed by atoms with van der Waals surface area (Å²) in [6, 6.07) is 6.28. The number of ether oxygens (including phenoxy) is 1. The van der Waals surface area contributed by atoms with E-state index in [9.17, 15) is 8.42 Å². The van der Waals surface area contributed by atoms with Crippen molar-refractivity contribution < 1.29 is 18.3 Å². The normalized spacial score (nSPS) is 11.8. The molecule has 0 aliphatic rings. The molecular formula is C12H19NO4S. The van der Waals surface area contributed by atoms with Crippen molar-refractivity contribution >= 4 is 10.0 Å². The number of benzene rings is 1. The first-order valence-electron chi connectivity index (χ1n) is 5.90. The summed E-state index contributed by atoms with van der Waals surface area (Å²) >= 11 is 0. The lowest BCUT2D eigenvalue weighted by molar-refractivity contribution is 0.257. The topological polar surface area (TPSA) is 66.8 Å². The van der Waals surface area contributed by atoms with Crippen LogP contribution in [-0.2, 0) is 10.0 Å². The van der Waals surface area contributed by atoms with E-state index in [1.54, 1.807) is 19.1 Å². The van der Waals surface area contributed by atoms with Gasteiger partial charge in [-0.1, -0.05) is 6.92 Å². The molecule has 0 bridgehead atoms. The highest BCUT2D eigenvalue weighted by Gasteiger charge is 2.22. The third-order valence-electron chi connectivity index (χ3n) is 2.47. The van der Waals surface area contributed by atoms with Crippen LogP contribution >= 0.6 is 0 Å². The third-order valence-corrected chi connectivity index (χ3v) is 4.46. The Morgan fingerprint density at radius 3 is 2.28 bits per heavy atom. The number of likely N-dealkylation sites (N-methyl/N-ethyl adjacent to an activating group) is 1. The first-order chi connectivity index (χ1) is 8.56. The van der Waals surface area contributed by atoms with Gasteiger partial charge in [-0.25, -0.2) is 8.42 Å². The minimum absolute atomic E-state index is 0.103. The molecule has 18 heavy (non-hydrogen) atoms. The molecule has 102 valence electrons. The van der Waals surface area contributed by atoms with E-state index >= 15 is 0 Å². The molecule has 0 saturated heterocycles. The molecule has 0 amide bonds. The van der Waals surface area contributed by atoms with Crippen LogP contribution in [0.15, 0.2) is 29.2 Å². The summed E-state index contributed by atoms with van der Waals surface area (Å²) < 4.78 is 30.9. The molecule has 0 aliphatic heterocycles.